The number of nitrogens with zero attached hydrogens (tertiary/aromatic N) is 4. The zero-order valence-electron chi connectivity index (χ0n) is 14.8. The first-order valence-corrected chi connectivity index (χ1v) is 8.29. The Labute approximate surface area is 158 Å². The predicted octanol–water partition coefficient (Wildman–Crippen LogP) is 1.91. The highest BCUT2D eigenvalue weighted by molar-refractivity contribution is 5.85. The quantitative estimate of drug-likeness (QED) is 0.686. The molecule has 0 saturated carbocycles. The normalized spacial score (nSPS) is 11.8. The first kappa shape index (κ1) is 19.8. The van der Waals surface area contributed by atoms with Gasteiger partial charge < -0.3 is 11.1 Å². The minimum atomic E-state index is -0.207. The van der Waals surface area contributed by atoms with Crippen molar-refractivity contribution in [1.82, 2.24) is 24.9 Å². The SMILES string of the molecule is Cc1nc2ncnn2c(C)c1CCC(=O)NCC(N)c1ccccc1.Cl. The average Bonchev–Trinajstić information content (AvgIpc) is 3.08. The highest BCUT2D eigenvalue weighted by Gasteiger charge is 2.13. The van der Waals surface area contributed by atoms with Crippen molar-refractivity contribution in [2.75, 3.05) is 6.54 Å². The largest absolute Gasteiger partial charge is 0.354 e. The number of hydrogen-bond donors (Lipinski definition) is 2. The summed E-state index contributed by atoms with van der Waals surface area (Å²) in [6, 6.07) is 9.54. The lowest BCUT2D eigenvalue weighted by Gasteiger charge is -2.14. The Balaban J connectivity index is 0.00000243. The molecule has 0 radical (unpaired) electrons. The van der Waals surface area contributed by atoms with E-state index in [0.717, 1.165) is 22.5 Å². The minimum Gasteiger partial charge on any atom is -0.354 e. The average molecular weight is 375 g/mol. The van der Waals surface area contributed by atoms with Gasteiger partial charge in [-0.25, -0.2) is 9.50 Å². The van der Waals surface area contributed by atoms with Crippen LogP contribution in [0.15, 0.2) is 36.7 Å². The summed E-state index contributed by atoms with van der Waals surface area (Å²) in [5, 5.41) is 7.07. The van der Waals surface area contributed by atoms with Crippen LogP contribution in [0.2, 0.25) is 0 Å². The van der Waals surface area contributed by atoms with Crippen molar-refractivity contribution in [3.8, 4) is 0 Å². The van der Waals surface area contributed by atoms with E-state index in [4.69, 9.17) is 5.73 Å². The van der Waals surface area contributed by atoms with Gasteiger partial charge in [0.1, 0.15) is 6.33 Å². The second-order valence-corrected chi connectivity index (χ2v) is 6.05. The summed E-state index contributed by atoms with van der Waals surface area (Å²) in [5.74, 6) is 0.556. The summed E-state index contributed by atoms with van der Waals surface area (Å²) in [7, 11) is 0. The smallest absolute Gasteiger partial charge is 0.252 e. The van der Waals surface area contributed by atoms with E-state index >= 15 is 0 Å². The highest BCUT2D eigenvalue weighted by atomic mass is 35.5. The number of aryl methyl sites for hydroxylation is 2. The Kier molecular flexibility index (Phi) is 6.65. The summed E-state index contributed by atoms with van der Waals surface area (Å²) >= 11 is 0. The molecule has 0 bridgehead atoms. The van der Waals surface area contributed by atoms with E-state index < -0.39 is 0 Å². The van der Waals surface area contributed by atoms with Crippen LogP contribution < -0.4 is 11.1 Å². The van der Waals surface area contributed by atoms with Crippen molar-refractivity contribution >= 4 is 24.1 Å². The molecular formula is C18H23ClN6O. The van der Waals surface area contributed by atoms with Crippen LogP contribution in [0.3, 0.4) is 0 Å². The van der Waals surface area contributed by atoms with Crippen LogP contribution >= 0.6 is 12.4 Å². The number of aromatic nitrogens is 4. The third-order valence-corrected chi connectivity index (χ3v) is 4.34. The van der Waals surface area contributed by atoms with Crippen LogP contribution in [-0.2, 0) is 11.2 Å². The van der Waals surface area contributed by atoms with Gasteiger partial charge in [0.25, 0.3) is 5.78 Å². The van der Waals surface area contributed by atoms with E-state index in [1.807, 2.05) is 44.2 Å². The van der Waals surface area contributed by atoms with Crippen molar-refractivity contribution in [1.29, 1.82) is 0 Å². The Hall–Kier alpha value is -2.51. The van der Waals surface area contributed by atoms with Gasteiger partial charge in [-0.2, -0.15) is 10.1 Å². The van der Waals surface area contributed by atoms with Crippen molar-refractivity contribution in [2.24, 2.45) is 5.73 Å². The van der Waals surface area contributed by atoms with Gasteiger partial charge in [0.2, 0.25) is 5.91 Å². The molecule has 0 fully saturated rings. The second-order valence-electron chi connectivity index (χ2n) is 6.05. The van der Waals surface area contributed by atoms with Gasteiger partial charge in [-0.1, -0.05) is 30.3 Å². The van der Waals surface area contributed by atoms with E-state index in [1.165, 1.54) is 6.33 Å². The standard InChI is InChI=1S/C18H22N6O.ClH/c1-12-15(13(2)24-18(23-12)21-11-22-24)8-9-17(25)20-10-16(19)14-6-4-3-5-7-14;/h3-7,11,16H,8-10,19H2,1-2H3,(H,20,25);1H. The fourth-order valence-electron chi connectivity index (χ4n) is 2.89. The van der Waals surface area contributed by atoms with Gasteiger partial charge in [-0.05, 0) is 31.4 Å². The van der Waals surface area contributed by atoms with Crippen molar-refractivity contribution in [2.45, 2.75) is 32.7 Å². The maximum Gasteiger partial charge on any atom is 0.252 e. The van der Waals surface area contributed by atoms with E-state index in [2.05, 4.69) is 20.4 Å². The summed E-state index contributed by atoms with van der Waals surface area (Å²) in [5.41, 5.74) is 9.99. The molecule has 7 nitrogen and oxygen atoms in total. The van der Waals surface area contributed by atoms with E-state index in [-0.39, 0.29) is 24.4 Å². The summed E-state index contributed by atoms with van der Waals surface area (Å²) in [6.07, 6.45) is 2.47. The molecule has 3 rings (SSSR count). The Morgan fingerprint density at radius 1 is 1.27 bits per heavy atom. The fraction of sp³-hybridized carbons (Fsp3) is 0.333. The van der Waals surface area contributed by atoms with E-state index in [0.29, 0.717) is 25.2 Å². The lowest BCUT2D eigenvalue weighted by atomic mass is 10.1. The zero-order chi connectivity index (χ0) is 17.8. The molecule has 26 heavy (non-hydrogen) atoms. The molecule has 8 heteroatoms. The molecule has 3 aromatic rings. The number of nitrogens with one attached hydrogen (secondary N) is 1. The van der Waals surface area contributed by atoms with Crippen LogP contribution in [0.5, 0.6) is 0 Å². The lowest BCUT2D eigenvalue weighted by Crippen LogP contribution is -2.32. The maximum atomic E-state index is 12.2. The van der Waals surface area contributed by atoms with E-state index in [1.54, 1.807) is 4.52 Å². The summed E-state index contributed by atoms with van der Waals surface area (Å²) in [6.45, 7) is 4.32. The molecule has 138 valence electrons. The number of carbonyl (C=O) groups excluding carboxylic acids is 1. The number of amides is 1. The van der Waals surface area contributed by atoms with Gasteiger partial charge in [-0.15, -0.1) is 12.4 Å². The number of benzene rings is 1. The number of hydrogen-bond acceptors (Lipinski definition) is 5. The number of carbonyl (C=O) groups is 1. The first-order valence-electron chi connectivity index (χ1n) is 8.29. The zero-order valence-corrected chi connectivity index (χ0v) is 15.7. The minimum absolute atomic E-state index is 0. The third kappa shape index (κ3) is 4.36. The summed E-state index contributed by atoms with van der Waals surface area (Å²) in [4.78, 5) is 20.7. The molecule has 3 N–H and O–H groups in total. The number of rotatable bonds is 6. The predicted molar refractivity (Wildman–Crippen MR) is 102 cm³/mol. The molecule has 1 atom stereocenters. The molecule has 0 saturated heterocycles. The monoisotopic (exact) mass is 374 g/mol. The maximum absolute atomic E-state index is 12.2. The van der Waals surface area contributed by atoms with Crippen molar-refractivity contribution in [3.05, 3.63) is 59.2 Å². The number of nitrogens with two attached hydrogens (primary N) is 1. The molecule has 1 amide bonds. The molecule has 2 aromatic heterocycles. The molecular weight excluding hydrogens is 352 g/mol. The van der Waals surface area contributed by atoms with Crippen LogP contribution in [0.4, 0.5) is 0 Å². The van der Waals surface area contributed by atoms with Crippen LogP contribution in [0.1, 0.15) is 35.0 Å². The lowest BCUT2D eigenvalue weighted by molar-refractivity contribution is -0.121. The number of fused-ring (bicyclic) bond motifs is 1. The van der Waals surface area contributed by atoms with Crippen LogP contribution in [-0.4, -0.2) is 32.0 Å². The van der Waals surface area contributed by atoms with Gasteiger partial charge in [0.05, 0.1) is 0 Å². The molecule has 0 aliphatic carbocycles. The van der Waals surface area contributed by atoms with Gasteiger partial charge >= 0.3 is 0 Å². The van der Waals surface area contributed by atoms with Crippen molar-refractivity contribution in [3.63, 3.8) is 0 Å². The van der Waals surface area contributed by atoms with E-state index in [9.17, 15) is 4.79 Å². The van der Waals surface area contributed by atoms with Gasteiger partial charge in [0.15, 0.2) is 0 Å². The Bertz CT molecular complexity index is 880. The molecule has 0 aliphatic heterocycles. The van der Waals surface area contributed by atoms with Crippen LogP contribution in [0.25, 0.3) is 5.78 Å². The van der Waals surface area contributed by atoms with Gasteiger partial charge in [0, 0.05) is 30.4 Å². The Morgan fingerprint density at radius 3 is 2.73 bits per heavy atom. The molecule has 2 heterocycles. The first-order chi connectivity index (χ1) is 12.1. The third-order valence-electron chi connectivity index (χ3n) is 4.34. The topological polar surface area (TPSA) is 98.2 Å². The second kappa shape index (κ2) is 8.73. The number of halogens is 1. The molecule has 1 aromatic carbocycles. The molecule has 0 aliphatic rings. The Morgan fingerprint density at radius 2 is 2.00 bits per heavy atom. The summed E-state index contributed by atoms with van der Waals surface area (Å²) < 4.78 is 1.70. The molecule has 0 spiro atoms. The van der Waals surface area contributed by atoms with Crippen molar-refractivity contribution < 1.29 is 4.79 Å². The van der Waals surface area contributed by atoms with Gasteiger partial charge in [-0.3, -0.25) is 4.79 Å². The van der Waals surface area contributed by atoms with Crippen LogP contribution in [0, 0.1) is 13.8 Å². The fourth-order valence-corrected chi connectivity index (χ4v) is 2.89. The highest BCUT2D eigenvalue weighted by Crippen LogP contribution is 2.15. The molecule has 1 unspecified atom stereocenters.